The van der Waals surface area contributed by atoms with E-state index in [9.17, 15) is 4.79 Å². The third kappa shape index (κ3) is 1.96. The summed E-state index contributed by atoms with van der Waals surface area (Å²) in [6.07, 6.45) is 0.964. The van der Waals surface area contributed by atoms with Gasteiger partial charge in [-0.25, -0.2) is 0 Å². The van der Waals surface area contributed by atoms with Gasteiger partial charge in [0.25, 0.3) is 0 Å². The summed E-state index contributed by atoms with van der Waals surface area (Å²) < 4.78 is 0. The van der Waals surface area contributed by atoms with Crippen LogP contribution in [0, 0.1) is 11.3 Å². The Morgan fingerprint density at radius 3 is 2.60 bits per heavy atom. The molecule has 2 rings (SSSR count). The first-order valence-electron chi connectivity index (χ1n) is 5.16. The highest BCUT2D eigenvalue weighted by Crippen LogP contribution is 2.52. The van der Waals surface area contributed by atoms with Crippen LogP contribution in [0.3, 0.4) is 0 Å². The van der Waals surface area contributed by atoms with E-state index in [2.05, 4.69) is 19.2 Å². The molecule has 0 spiro atoms. The topological polar surface area (TPSA) is 55.1 Å². The van der Waals surface area contributed by atoms with Crippen molar-refractivity contribution in [1.29, 1.82) is 0 Å². The smallest absolute Gasteiger partial charge is 0.228 e. The van der Waals surface area contributed by atoms with Crippen LogP contribution in [0.4, 0.5) is 11.4 Å². The Labute approximate surface area is 89.7 Å². The average molecular weight is 204 g/mol. The van der Waals surface area contributed by atoms with Crippen molar-refractivity contribution in [2.75, 3.05) is 11.1 Å². The standard InChI is InChI=1S/C12H16N2O/c1-12(2)7-8(12)11(15)14-10-6-4-3-5-9(10)13/h3-6,8H,7,13H2,1-2H3,(H,14,15)/t8-/m1/s1. The van der Waals surface area contributed by atoms with Gasteiger partial charge in [0.15, 0.2) is 0 Å². The van der Waals surface area contributed by atoms with Crippen LogP contribution in [0.25, 0.3) is 0 Å². The number of hydrogen-bond donors (Lipinski definition) is 2. The lowest BCUT2D eigenvalue weighted by atomic mass is 10.1. The summed E-state index contributed by atoms with van der Waals surface area (Å²) in [7, 11) is 0. The van der Waals surface area contributed by atoms with E-state index in [-0.39, 0.29) is 17.2 Å². The van der Waals surface area contributed by atoms with Crippen molar-refractivity contribution >= 4 is 17.3 Å². The molecular formula is C12H16N2O. The second-order valence-corrected chi connectivity index (χ2v) is 4.82. The normalized spacial score (nSPS) is 22.1. The number of nitrogens with two attached hydrogens (primary N) is 1. The molecule has 0 saturated heterocycles. The van der Waals surface area contributed by atoms with Crippen LogP contribution >= 0.6 is 0 Å². The Bertz CT molecular complexity index is 398. The summed E-state index contributed by atoms with van der Waals surface area (Å²) in [4.78, 5) is 11.8. The fourth-order valence-electron chi connectivity index (χ4n) is 1.75. The molecule has 0 heterocycles. The fourth-order valence-corrected chi connectivity index (χ4v) is 1.75. The first-order valence-corrected chi connectivity index (χ1v) is 5.16. The number of benzene rings is 1. The Morgan fingerprint density at radius 1 is 1.47 bits per heavy atom. The molecule has 0 unspecified atom stereocenters. The largest absolute Gasteiger partial charge is 0.397 e. The zero-order valence-electron chi connectivity index (χ0n) is 9.08. The zero-order chi connectivity index (χ0) is 11.1. The molecule has 0 radical (unpaired) electrons. The van der Waals surface area contributed by atoms with Gasteiger partial charge in [-0.3, -0.25) is 4.79 Å². The van der Waals surface area contributed by atoms with Crippen LogP contribution in [0.5, 0.6) is 0 Å². The summed E-state index contributed by atoms with van der Waals surface area (Å²) >= 11 is 0. The molecule has 1 aromatic carbocycles. The first kappa shape index (κ1) is 10.0. The second-order valence-electron chi connectivity index (χ2n) is 4.82. The highest BCUT2D eigenvalue weighted by atomic mass is 16.2. The van der Waals surface area contributed by atoms with E-state index in [4.69, 9.17) is 5.73 Å². The quantitative estimate of drug-likeness (QED) is 0.726. The minimum atomic E-state index is 0.0814. The molecule has 1 aliphatic carbocycles. The predicted octanol–water partition coefficient (Wildman–Crippen LogP) is 2.25. The van der Waals surface area contributed by atoms with Gasteiger partial charge in [-0.1, -0.05) is 26.0 Å². The van der Waals surface area contributed by atoms with Crippen molar-refractivity contribution in [2.24, 2.45) is 11.3 Å². The molecule has 1 atom stereocenters. The van der Waals surface area contributed by atoms with Crippen LogP contribution < -0.4 is 11.1 Å². The van der Waals surface area contributed by atoms with Crippen LogP contribution in [0.1, 0.15) is 20.3 Å². The summed E-state index contributed by atoms with van der Waals surface area (Å²) in [5.74, 6) is 0.218. The number of nitrogens with one attached hydrogen (secondary N) is 1. The minimum Gasteiger partial charge on any atom is -0.397 e. The van der Waals surface area contributed by atoms with Gasteiger partial charge < -0.3 is 11.1 Å². The van der Waals surface area contributed by atoms with Gasteiger partial charge in [-0.05, 0) is 24.0 Å². The van der Waals surface area contributed by atoms with Crippen molar-refractivity contribution in [3.63, 3.8) is 0 Å². The van der Waals surface area contributed by atoms with E-state index in [1.165, 1.54) is 0 Å². The molecule has 0 bridgehead atoms. The summed E-state index contributed by atoms with van der Waals surface area (Å²) in [5.41, 5.74) is 7.23. The molecule has 0 aromatic heterocycles. The van der Waals surface area contributed by atoms with Crippen molar-refractivity contribution in [2.45, 2.75) is 20.3 Å². The van der Waals surface area contributed by atoms with Gasteiger partial charge in [0.1, 0.15) is 0 Å². The molecule has 1 saturated carbocycles. The maximum absolute atomic E-state index is 11.8. The number of carbonyl (C=O) groups is 1. The zero-order valence-corrected chi connectivity index (χ0v) is 9.08. The Balaban J connectivity index is 2.05. The third-order valence-electron chi connectivity index (χ3n) is 3.05. The molecule has 1 aromatic rings. The highest BCUT2D eigenvalue weighted by Gasteiger charge is 2.50. The number of nitrogen functional groups attached to an aromatic ring is 1. The molecule has 3 heteroatoms. The molecule has 1 aliphatic rings. The van der Waals surface area contributed by atoms with Gasteiger partial charge in [-0.2, -0.15) is 0 Å². The SMILES string of the molecule is CC1(C)C[C@@H]1C(=O)Nc1ccccc1N. The number of amides is 1. The second kappa shape index (κ2) is 3.26. The molecule has 15 heavy (non-hydrogen) atoms. The van der Waals surface area contributed by atoms with Crippen molar-refractivity contribution in [3.8, 4) is 0 Å². The lowest BCUT2D eigenvalue weighted by Crippen LogP contribution is -2.17. The minimum absolute atomic E-state index is 0.0814. The van der Waals surface area contributed by atoms with Crippen LogP contribution in [-0.4, -0.2) is 5.91 Å². The van der Waals surface area contributed by atoms with Crippen molar-refractivity contribution in [1.82, 2.24) is 0 Å². The average Bonchev–Trinajstić information content (AvgIpc) is 2.79. The molecule has 80 valence electrons. The van der Waals surface area contributed by atoms with E-state index in [1.807, 2.05) is 18.2 Å². The van der Waals surface area contributed by atoms with Crippen LogP contribution in [0.2, 0.25) is 0 Å². The van der Waals surface area contributed by atoms with Gasteiger partial charge in [-0.15, -0.1) is 0 Å². The van der Waals surface area contributed by atoms with E-state index in [1.54, 1.807) is 6.07 Å². The third-order valence-corrected chi connectivity index (χ3v) is 3.05. The number of anilines is 2. The predicted molar refractivity (Wildman–Crippen MR) is 61.4 cm³/mol. The summed E-state index contributed by atoms with van der Waals surface area (Å²) in [6, 6.07) is 7.33. The van der Waals surface area contributed by atoms with E-state index in [0.717, 1.165) is 6.42 Å². The highest BCUT2D eigenvalue weighted by molar-refractivity contribution is 5.97. The number of carbonyl (C=O) groups excluding carboxylic acids is 1. The molecule has 3 N–H and O–H groups in total. The Kier molecular flexibility index (Phi) is 2.18. The first-order chi connectivity index (χ1) is 7.00. The van der Waals surface area contributed by atoms with E-state index < -0.39 is 0 Å². The van der Waals surface area contributed by atoms with Crippen LogP contribution in [-0.2, 0) is 4.79 Å². The van der Waals surface area contributed by atoms with Crippen LogP contribution in [0.15, 0.2) is 24.3 Å². The lowest BCUT2D eigenvalue weighted by Gasteiger charge is -2.08. The molecule has 0 aliphatic heterocycles. The Hall–Kier alpha value is -1.51. The lowest BCUT2D eigenvalue weighted by molar-refractivity contribution is -0.117. The molecular weight excluding hydrogens is 188 g/mol. The maximum Gasteiger partial charge on any atom is 0.228 e. The van der Waals surface area contributed by atoms with Gasteiger partial charge >= 0.3 is 0 Å². The molecule has 1 amide bonds. The number of para-hydroxylation sites is 2. The van der Waals surface area contributed by atoms with Gasteiger partial charge in [0, 0.05) is 5.92 Å². The number of hydrogen-bond acceptors (Lipinski definition) is 2. The van der Waals surface area contributed by atoms with Gasteiger partial charge in [0.2, 0.25) is 5.91 Å². The van der Waals surface area contributed by atoms with Crippen molar-refractivity contribution in [3.05, 3.63) is 24.3 Å². The van der Waals surface area contributed by atoms with Crippen molar-refractivity contribution < 1.29 is 4.79 Å². The summed E-state index contributed by atoms with van der Waals surface area (Å²) in [5, 5.41) is 2.86. The fraction of sp³-hybridized carbons (Fsp3) is 0.417. The Morgan fingerprint density at radius 2 is 2.07 bits per heavy atom. The molecule has 1 fully saturated rings. The van der Waals surface area contributed by atoms with E-state index >= 15 is 0 Å². The van der Waals surface area contributed by atoms with Gasteiger partial charge in [0.05, 0.1) is 11.4 Å². The maximum atomic E-state index is 11.8. The number of rotatable bonds is 2. The monoisotopic (exact) mass is 204 g/mol. The van der Waals surface area contributed by atoms with E-state index in [0.29, 0.717) is 11.4 Å². The molecule has 3 nitrogen and oxygen atoms in total. The summed E-state index contributed by atoms with van der Waals surface area (Å²) in [6.45, 7) is 4.21.